The number of unbranched alkanes of at least 4 members (excludes halogenated alkanes) is 1. The molecular weight excluding hydrogens is 708 g/mol. The molecule has 1 heterocycles. The molecule has 241 valence electrons. The first-order valence-corrected chi connectivity index (χ1v) is 19.5. The average Bonchev–Trinajstić information content (AvgIpc) is 3.14. The third-order valence-corrected chi connectivity index (χ3v) is 14.2. The van der Waals surface area contributed by atoms with Gasteiger partial charge in [-0.15, -0.1) is 41.6 Å². The topological polar surface area (TPSA) is 36.7 Å². The Labute approximate surface area is 302 Å². The molecule has 0 saturated heterocycles. The maximum absolute atomic E-state index is 7.35. The molecule has 7 rings (SSSR count). The molecule has 1 radical (unpaired) electrons. The van der Waals surface area contributed by atoms with Gasteiger partial charge < -0.3 is 18.1 Å². The number of pyridine rings is 1. The van der Waals surface area contributed by atoms with Gasteiger partial charge in [0, 0.05) is 5.69 Å². The Morgan fingerprint density at radius 2 is 0.917 bits per heavy atom. The molecule has 6 aromatic carbocycles. The van der Waals surface area contributed by atoms with Crippen LogP contribution in [-0.2, 0) is 26.0 Å². The summed E-state index contributed by atoms with van der Waals surface area (Å²) in [6, 6.07) is 61.8. The van der Waals surface area contributed by atoms with Crippen molar-refractivity contribution in [3.05, 3.63) is 189 Å². The Bertz CT molecular complexity index is 1770. The quantitative estimate of drug-likeness (QED) is 0.0451. The molecule has 0 bridgehead atoms. The van der Waals surface area contributed by atoms with Crippen LogP contribution >= 0.6 is 15.8 Å². The van der Waals surface area contributed by atoms with Gasteiger partial charge in [-0.05, 0) is 78.3 Å². The third kappa shape index (κ3) is 9.75. The number of hydrogen-bond acceptors (Lipinski definition) is 1. The molecule has 0 saturated carbocycles. The number of fused-ring (bicyclic) bond motifs is 3. The number of hydrogen-bond donors (Lipinski definition) is 0. The molecule has 0 unspecified atom stereocenters. The van der Waals surface area contributed by atoms with Gasteiger partial charge in [0.15, 0.2) is 0 Å². The summed E-state index contributed by atoms with van der Waals surface area (Å²) in [6.07, 6.45) is 5.20. The van der Waals surface area contributed by atoms with Gasteiger partial charge in [0.1, 0.15) is 0 Å². The Balaban J connectivity index is 0.000000244. The monoisotopic (exact) mass is 751 g/mol. The molecule has 7 aromatic rings. The molecule has 1 aromatic heterocycles. The normalized spacial score (nSPS) is 10.6. The smallest absolute Gasteiger partial charge is 0.672 e. The fourth-order valence-corrected chi connectivity index (χ4v) is 11.4. The van der Waals surface area contributed by atoms with E-state index in [-0.39, 0.29) is 33.4 Å². The predicted octanol–water partition coefficient (Wildman–Crippen LogP) is 9.69. The largest absolute Gasteiger partial charge is 3.00 e. The fraction of sp³-hybridized carbons (Fsp3) is 0.116. The van der Waals surface area contributed by atoms with E-state index in [9.17, 15) is 0 Å². The number of nitrogens with zero attached hydrogens (tertiary/aromatic N) is 1. The van der Waals surface area contributed by atoms with E-state index in [0.717, 1.165) is 27.4 Å². The van der Waals surface area contributed by atoms with Crippen LogP contribution in [0.5, 0.6) is 0 Å². The van der Waals surface area contributed by atoms with Crippen LogP contribution in [0.1, 0.15) is 18.5 Å². The molecule has 0 spiro atoms. The first-order chi connectivity index (χ1) is 22.8. The molecule has 0 fully saturated rings. The minimum atomic E-state index is -0.714. The molecule has 48 heavy (non-hydrogen) atoms. The molecule has 1 N–H and O–H groups in total. The second kappa shape index (κ2) is 19.4. The average molecular weight is 751 g/mol. The van der Waals surface area contributed by atoms with Crippen molar-refractivity contribution in [2.75, 3.05) is 12.3 Å². The Morgan fingerprint density at radius 3 is 1.35 bits per heavy atom. The first kappa shape index (κ1) is 37.3. The summed E-state index contributed by atoms with van der Waals surface area (Å²) in [7, 11) is -1.43. The van der Waals surface area contributed by atoms with E-state index >= 15 is 0 Å². The van der Waals surface area contributed by atoms with E-state index in [4.69, 9.17) is 5.73 Å². The van der Waals surface area contributed by atoms with Crippen molar-refractivity contribution >= 4 is 58.7 Å². The van der Waals surface area contributed by atoms with Gasteiger partial charge in [0.2, 0.25) is 0 Å². The maximum atomic E-state index is 7.35. The van der Waals surface area contributed by atoms with Gasteiger partial charge in [-0.1, -0.05) is 91.0 Å². The zero-order chi connectivity index (χ0) is 31.4. The van der Waals surface area contributed by atoms with E-state index in [1.165, 1.54) is 46.4 Å². The van der Waals surface area contributed by atoms with Crippen LogP contribution in [0.25, 0.3) is 27.4 Å². The Morgan fingerprint density at radius 1 is 0.500 bits per heavy atom. The number of benzene rings is 6. The summed E-state index contributed by atoms with van der Waals surface area (Å²) in [5, 5.41) is 9.42. The van der Waals surface area contributed by atoms with E-state index in [1.54, 1.807) is 0 Å². The zero-order valence-electron chi connectivity index (χ0n) is 27.4. The number of rotatable bonds is 10. The van der Waals surface area contributed by atoms with Gasteiger partial charge in [-0.2, -0.15) is 0 Å². The van der Waals surface area contributed by atoms with Crippen molar-refractivity contribution < 1.29 is 19.5 Å². The van der Waals surface area contributed by atoms with E-state index in [2.05, 4.69) is 151 Å². The zero-order valence-corrected chi connectivity index (χ0v) is 31.2. The van der Waals surface area contributed by atoms with Crippen molar-refractivity contribution in [2.45, 2.75) is 19.4 Å². The molecule has 5 heteroatoms. The summed E-state index contributed by atoms with van der Waals surface area (Å²) >= 11 is 0. The van der Waals surface area contributed by atoms with Crippen LogP contribution in [0.15, 0.2) is 164 Å². The minimum absolute atomic E-state index is 0. The van der Waals surface area contributed by atoms with Crippen molar-refractivity contribution in [1.29, 1.82) is 0 Å². The summed E-state index contributed by atoms with van der Waals surface area (Å²) in [4.78, 5) is 4.50. The summed E-state index contributed by atoms with van der Waals surface area (Å²) < 4.78 is 0. The minimum Gasteiger partial charge on any atom is -0.672 e. The fourth-order valence-electron chi connectivity index (χ4n) is 5.99. The maximum Gasteiger partial charge on any atom is 3.00 e. The van der Waals surface area contributed by atoms with Gasteiger partial charge in [0.25, 0.3) is 0 Å². The SMILES string of the molecule is [CH3-].[NH-]Cc1ccc2ccc3ccc[c-]c3c2n1.[Ru+3].c1ccc([PH+](CCCC[PH+](c2ccccc2)c2ccccc2)c2ccccc2)cc1. The second-order valence-electron chi connectivity index (χ2n) is 11.4. The van der Waals surface area contributed by atoms with Gasteiger partial charge in [-0.25, -0.2) is 0 Å². The molecular formula is C43H43N2P2Ru+2. The molecule has 0 aliphatic carbocycles. The second-order valence-corrected chi connectivity index (χ2v) is 16.6. The van der Waals surface area contributed by atoms with E-state index < -0.39 is 15.8 Å². The van der Waals surface area contributed by atoms with Crippen molar-refractivity contribution in [3.8, 4) is 0 Å². The predicted molar refractivity (Wildman–Crippen MR) is 212 cm³/mol. The van der Waals surface area contributed by atoms with Crippen LogP contribution in [0.4, 0.5) is 0 Å². The standard InChI is InChI=1S/C28H28P2.C14H10N2.CH3.Ru/c1-5-15-25(16-6-1)29(26-17-7-2-8-18-26)23-13-14-24-30(27-19-9-3-10-20-27)28-21-11-4-12-22-28;15-9-12-8-7-11-6-5-10-3-1-2-4-13(10)14(11)16-12;;/h1-12,15-22H,13-14,23-24H2;1-3,5-8,15H,9H2;1H3;/q;-2;-1;+3/p+2. The molecule has 0 aliphatic rings. The van der Waals surface area contributed by atoms with Crippen molar-refractivity contribution in [3.63, 3.8) is 0 Å². The van der Waals surface area contributed by atoms with Crippen molar-refractivity contribution in [1.82, 2.24) is 4.98 Å². The Hall–Kier alpha value is -3.57. The van der Waals surface area contributed by atoms with Crippen LogP contribution in [0, 0.1) is 13.5 Å². The van der Waals surface area contributed by atoms with E-state index in [0.29, 0.717) is 0 Å². The summed E-state index contributed by atoms with van der Waals surface area (Å²) in [6.45, 7) is 0.221. The third-order valence-electron chi connectivity index (χ3n) is 8.33. The van der Waals surface area contributed by atoms with Crippen LogP contribution in [0.2, 0.25) is 0 Å². The van der Waals surface area contributed by atoms with E-state index in [1.807, 2.05) is 24.3 Å². The molecule has 0 atom stereocenters. The van der Waals surface area contributed by atoms with Gasteiger partial charge >= 0.3 is 19.5 Å². The van der Waals surface area contributed by atoms with Gasteiger partial charge in [0.05, 0.1) is 49.4 Å². The van der Waals surface area contributed by atoms with Crippen LogP contribution < -0.4 is 21.2 Å². The molecule has 2 nitrogen and oxygen atoms in total. The summed E-state index contributed by atoms with van der Waals surface area (Å²) in [5.41, 5.74) is 9.10. The number of aromatic nitrogens is 1. The summed E-state index contributed by atoms with van der Waals surface area (Å²) in [5.74, 6) is 0. The van der Waals surface area contributed by atoms with Crippen molar-refractivity contribution in [2.24, 2.45) is 0 Å². The van der Waals surface area contributed by atoms with Crippen LogP contribution in [-0.4, -0.2) is 17.3 Å². The van der Waals surface area contributed by atoms with Gasteiger partial charge in [-0.3, -0.25) is 0 Å². The first-order valence-electron chi connectivity index (χ1n) is 16.1. The molecule has 0 amide bonds. The molecule has 0 aliphatic heterocycles. The Kier molecular flexibility index (Phi) is 15.1. The number of nitrogens with one attached hydrogen (secondary N) is 1. The van der Waals surface area contributed by atoms with Crippen LogP contribution in [0.3, 0.4) is 0 Å².